The third-order valence-electron chi connectivity index (χ3n) is 1.55. The van der Waals surface area contributed by atoms with Gasteiger partial charge in [-0.2, -0.15) is 18.3 Å². The normalized spacial score (nSPS) is 12.2. The van der Waals surface area contributed by atoms with Crippen LogP contribution in [0.3, 0.4) is 0 Å². The predicted octanol–water partition coefficient (Wildman–Crippen LogP) is 1.75. The van der Waals surface area contributed by atoms with E-state index in [9.17, 15) is 13.2 Å². The molecule has 6 heteroatoms. The monoisotopic (exact) mass is 187 g/mol. The van der Waals surface area contributed by atoms with Crippen molar-refractivity contribution in [2.45, 2.75) is 6.18 Å². The van der Waals surface area contributed by atoms with Crippen molar-refractivity contribution >= 4 is 5.52 Å². The third-order valence-corrected chi connectivity index (χ3v) is 1.55. The van der Waals surface area contributed by atoms with Crippen LogP contribution in [-0.2, 0) is 6.18 Å². The van der Waals surface area contributed by atoms with Gasteiger partial charge in [0.15, 0.2) is 0 Å². The standard InChI is InChI=1S/C7H4F3N3/c8-7(9,10)6-11-4-5-2-1-3-12-13(5)6/h1-4H. The molecular weight excluding hydrogens is 183 g/mol. The summed E-state index contributed by atoms with van der Waals surface area (Å²) in [5, 5.41) is 3.54. The van der Waals surface area contributed by atoms with E-state index < -0.39 is 12.0 Å². The van der Waals surface area contributed by atoms with Crippen LogP contribution < -0.4 is 0 Å². The minimum Gasteiger partial charge on any atom is -0.231 e. The Hall–Kier alpha value is -1.59. The maximum atomic E-state index is 12.2. The number of fused-ring (bicyclic) bond motifs is 1. The molecule has 0 aromatic carbocycles. The third kappa shape index (κ3) is 1.24. The van der Waals surface area contributed by atoms with Crippen molar-refractivity contribution in [3.8, 4) is 0 Å². The van der Waals surface area contributed by atoms with E-state index in [2.05, 4.69) is 10.1 Å². The molecule has 0 unspecified atom stereocenters. The van der Waals surface area contributed by atoms with Gasteiger partial charge in [0.25, 0.3) is 0 Å². The van der Waals surface area contributed by atoms with Gasteiger partial charge < -0.3 is 0 Å². The van der Waals surface area contributed by atoms with Gasteiger partial charge in [0.1, 0.15) is 0 Å². The second-order valence-electron chi connectivity index (χ2n) is 2.44. The molecule has 0 saturated carbocycles. The molecule has 2 aromatic rings. The van der Waals surface area contributed by atoms with Crippen LogP contribution in [0.2, 0.25) is 0 Å². The number of nitrogens with zero attached hydrogens (tertiary/aromatic N) is 3. The van der Waals surface area contributed by atoms with Crippen molar-refractivity contribution in [2.24, 2.45) is 0 Å². The van der Waals surface area contributed by atoms with E-state index >= 15 is 0 Å². The topological polar surface area (TPSA) is 30.2 Å². The first kappa shape index (κ1) is 8.03. The lowest BCUT2D eigenvalue weighted by Crippen LogP contribution is -2.11. The first-order valence-corrected chi connectivity index (χ1v) is 3.45. The minimum absolute atomic E-state index is 0.329. The number of alkyl halides is 3. The largest absolute Gasteiger partial charge is 0.451 e. The SMILES string of the molecule is FC(F)(F)c1ncc2cccnn12. The summed E-state index contributed by atoms with van der Waals surface area (Å²) < 4.78 is 37.4. The highest BCUT2D eigenvalue weighted by Crippen LogP contribution is 2.27. The van der Waals surface area contributed by atoms with Crippen LogP contribution >= 0.6 is 0 Å². The van der Waals surface area contributed by atoms with Crippen molar-refractivity contribution in [3.05, 3.63) is 30.4 Å². The molecule has 0 saturated heterocycles. The van der Waals surface area contributed by atoms with E-state index in [1.807, 2.05) is 0 Å². The van der Waals surface area contributed by atoms with Crippen LogP contribution in [-0.4, -0.2) is 14.6 Å². The predicted molar refractivity (Wildman–Crippen MR) is 38.0 cm³/mol. The minimum atomic E-state index is -4.46. The maximum absolute atomic E-state index is 12.2. The highest BCUT2D eigenvalue weighted by molar-refractivity contribution is 5.43. The van der Waals surface area contributed by atoms with Gasteiger partial charge in [-0.3, -0.25) is 0 Å². The quantitative estimate of drug-likeness (QED) is 0.628. The van der Waals surface area contributed by atoms with Crippen LogP contribution in [0.5, 0.6) is 0 Å². The lowest BCUT2D eigenvalue weighted by molar-refractivity contribution is -0.146. The molecule has 68 valence electrons. The molecular formula is C7H4F3N3. The maximum Gasteiger partial charge on any atom is 0.451 e. The number of halogens is 3. The first-order valence-electron chi connectivity index (χ1n) is 3.45. The molecule has 0 fully saturated rings. The molecule has 0 aliphatic carbocycles. The van der Waals surface area contributed by atoms with Crippen LogP contribution in [0.15, 0.2) is 24.5 Å². The second-order valence-corrected chi connectivity index (χ2v) is 2.44. The summed E-state index contributed by atoms with van der Waals surface area (Å²) in [7, 11) is 0. The molecule has 2 heterocycles. The molecule has 0 aliphatic rings. The molecule has 2 aromatic heterocycles. The highest BCUT2D eigenvalue weighted by atomic mass is 19.4. The molecule has 0 bridgehead atoms. The van der Waals surface area contributed by atoms with Gasteiger partial charge in [-0.25, -0.2) is 9.50 Å². The number of rotatable bonds is 0. The zero-order valence-electron chi connectivity index (χ0n) is 6.28. The summed E-state index contributed by atoms with van der Waals surface area (Å²) in [5.41, 5.74) is 0.329. The molecule has 13 heavy (non-hydrogen) atoms. The van der Waals surface area contributed by atoms with Gasteiger partial charge in [0.05, 0.1) is 11.7 Å². The van der Waals surface area contributed by atoms with Crippen LogP contribution in [0, 0.1) is 0 Å². The Bertz CT molecular complexity index is 432. The Morgan fingerprint density at radius 1 is 1.31 bits per heavy atom. The molecule has 0 N–H and O–H groups in total. The summed E-state index contributed by atoms with van der Waals surface area (Å²) in [4.78, 5) is 3.24. The van der Waals surface area contributed by atoms with E-state index in [0.717, 1.165) is 10.7 Å². The van der Waals surface area contributed by atoms with Crippen molar-refractivity contribution < 1.29 is 13.2 Å². The number of hydrogen-bond acceptors (Lipinski definition) is 2. The van der Waals surface area contributed by atoms with Crippen LogP contribution in [0.1, 0.15) is 5.82 Å². The van der Waals surface area contributed by atoms with Gasteiger partial charge in [-0.15, -0.1) is 0 Å². The molecule has 2 rings (SSSR count). The van der Waals surface area contributed by atoms with E-state index in [0.29, 0.717) is 5.52 Å². The lowest BCUT2D eigenvalue weighted by atomic mass is 10.5. The average Bonchev–Trinajstić information content (AvgIpc) is 2.45. The zero-order valence-corrected chi connectivity index (χ0v) is 6.28. The fourth-order valence-corrected chi connectivity index (χ4v) is 1.03. The van der Waals surface area contributed by atoms with Gasteiger partial charge >= 0.3 is 6.18 Å². The Balaban J connectivity index is 2.72. The summed E-state index contributed by atoms with van der Waals surface area (Å²) in [6.45, 7) is 0. The van der Waals surface area contributed by atoms with Crippen molar-refractivity contribution in [1.82, 2.24) is 14.6 Å². The van der Waals surface area contributed by atoms with Gasteiger partial charge in [0.2, 0.25) is 5.82 Å². The van der Waals surface area contributed by atoms with Crippen LogP contribution in [0.25, 0.3) is 5.52 Å². The number of aromatic nitrogens is 3. The summed E-state index contributed by atoms with van der Waals surface area (Å²) in [5.74, 6) is -0.997. The van der Waals surface area contributed by atoms with Crippen molar-refractivity contribution in [1.29, 1.82) is 0 Å². The fourth-order valence-electron chi connectivity index (χ4n) is 1.03. The molecule has 0 amide bonds. The Labute approximate surface area is 70.8 Å². The van der Waals surface area contributed by atoms with E-state index in [1.54, 1.807) is 6.07 Å². The summed E-state index contributed by atoms with van der Waals surface area (Å²) in [6, 6.07) is 3.06. The zero-order chi connectivity index (χ0) is 9.47. The van der Waals surface area contributed by atoms with Gasteiger partial charge in [0, 0.05) is 6.20 Å². The Morgan fingerprint density at radius 3 is 2.77 bits per heavy atom. The average molecular weight is 187 g/mol. The Kier molecular flexibility index (Phi) is 1.51. The van der Waals surface area contributed by atoms with E-state index in [-0.39, 0.29) is 0 Å². The highest BCUT2D eigenvalue weighted by Gasteiger charge is 2.36. The fraction of sp³-hybridized carbons (Fsp3) is 0.143. The van der Waals surface area contributed by atoms with Gasteiger partial charge in [-0.1, -0.05) is 0 Å². The smallest absolute Gasteiger partial charge is 0.231 e. The van der Waals surface area contributed by atoms with Crippen molar-refractivity contribution in [2.75, 3.05) is 0 Å². The molecule has 0 atom stereocenters. The number of imidazole rings is 1. The molecule has 0 aliphatic heterocycles. The Morgan fingerprint density at radius 2 is 2.08 bits per heavy atom. The van der Waals surface area contributed by atoms with E-state index in [1.165, 1.54) is 12.3 Å². The molecule has 0 radical (unpaired) electrons. The summed E-state index contributed by atoms with van der Waals surface area (Å²) >= 11 is 0. The van der Waals surface area contributed by atoms with Crippen molar-refractivity contribution in [3.63, 3.8) is 0 Å². The second kappa shape index (κ2) is 2.45. The number of hydrogen-bond donors (Lipinski definition) is 0. The van der Waals surface area contributed by atoms with Gasteiger partial charge in [-0.05, 0) is 12.1 Å². The molecule has 3 nitrogen and oxygen atoms in total. The first-order chi connectivity index (χ1) is 6.09. The molecule has 0 spiro atoms. The van der Waals surface area contributed by atoms with E-state index in [4.69, 9.17) is 0 Å². The lowest BCUT2D eigenvalue weighted by Gasteiger charge is -2.02. The van der Waals surface area contributed by atoms with Crippen LogP contribution in [0.4, 0.5) is 13.2 Å². The summed E-state index contributed by atoms with van der Waals surface area (Å²) in [6.07, 6.45) is -2.04.